The van der Waals surface area contributed by atoms with Crippen LogP contribution in [0, 0.1) is 0 Å². The van der Waals surface area contributed by atoms with Crippen molar-refractivity contribution in [3.8, 4) is 0 Å². The van der Waals surface area contributed by atoms with Gasteiger partial charge in [-0.05, 0) is 35.7 Å². The molecule has 4 N–H and O–H groups in total. The average Bonchev–Trinajstić information content (AvgIpc) is 3.24. The van der Waals surface area contributed by atoms with Crippen molar-refractivity contribution in [2.75, 3.05) is 0 Å². The molecule has 5 rings (SSSR count). The van der Waals surface area contributed by atoms with E-state index in [1.807, 2.05) is 30.3 Å². The molecule has 8 nitrogen and oxygen atoms in total. The lowest BCUT2D eigenvalue weighted by molar-refractivity contribution is -0.193. The van der Waals surface area contributed by atoms with E-state index < -0.39 is 23.6 Å². The number of primary amides is 1. The second kappa shape index (κ2) is 6.70. The summed E-state index contributed by atoms with van der Waals surface area (Å²) in [7, 11) is 0. The van der Waals surface area contributed by atoms with Gasteiger partial charge >= 0.3 is 17.7 Å². The highest BCUT2D eigenvalue weighted by molar-refractivity contribution is 6.31. The van der Waals surface area contributed by atoms with Gasteiger partial charge in [-0.1, -0.05) is 30.3 Å². The van der Waals surface area contributed by atoms with Gasteiger partial charge in [-0.2, -0.15) is 0 Å². The van der Waals surface area contributed by atoms with Crippen molar-refractivity contribution in [1.82, 2.24) is 10.3 Å². The summed E-state index contributed by atoms with van der Waals surface area (Å²) in [6.07, 6.45) is 0.876. The molecule has 30 heavy (non-hydrogen) atoms. The predicted octanol–water partition coefficient (Wildman–Crippen LogP) is 1.62. The standard InChI is InChI=1S/C22H19N3O5/c23-19(26)13-6-7-17-15(8-13)16-9-14(24-11-12-4-2-1-3-5-12)10-22(18(16)25-17)29-20(27)21(28)30-22/h1-8,14,24-25H,9-11H2,(H2,23,26). The van der Waals surface area contributed by atoms with E-state index in [0.717, 1.165) is 22.0 Å². The van der Waals surface area contributed by atoms with Gasteiger partial charge in [-0.15, -0.1) is 0 Å². The zero-order valence-electron chi connectivity index (χ0n) is 15.9. The van der Waals surface area contributed by atoms with E-state index in [4.69, 9.17) is 15.2 Å². The molecule has 1 spiro atoms. The van der Waals surface area contributed by atoms with Crippen LogP contribution in [0.4, 0.5) is 0 Å². The van der Waals surface area contributed by atoms with E-state index >= 15 is 0 Å². The Bertz CT molecular complexity index is 1170. The molecule has 1 unspecified atom stereocenters. The highest BCUT2D eigenvalue weighted by Crippen LogP contribution is 2.45. The van der Waals surface area contributed by atoms with E-state index in [1.54, 1.807) is 18.2 Å². The molecule has 0 saturated carbocycles. The Morgan fingerprint density at radius 1 is 1.13 bits per heavy atom. The largest absolute Gasteiger partial charge is 0.421 e. The van der Waals surface area contributed by atoms with E-state index in [9.17, 15) is 14.4 Å². The minimum absolute atomic E-state index is 0.132. The second-order valence-electron chi connectivity index (χ2n) is 7.61. The molecular weight excluding hydrogens is 386 g/mol. The number of fused-ring (bicyclic) bond motifs is 4. The van der Waals surface area contributed by atoms with Crippen LogP contribution >= 0.6 is 0 Å². The Morgan fingerprint density at radius 3 is 2.57 bits per heavy atom. The molecule has 3 aromatic rings. The summed E-state index contributed by atoms with van der Waals surface area (Å²) in [6, 6.07) is 14.8. The third-order valence-electron chi connectivity index (χ3n) is 5.66. The summed E-state index contributed by atoms with van der Waals surface area (Å²) in [5, 5.41) is 4.25. The number of rotatable bonds is 4. The average molecular weight is 405 g/mol. The minimum atomic E-state index is -1.51. The number of hydrogen-bond donors (Lipinski definition) is 3. The Kier molecular flexibility index (Phi) is 4.11. The molecule has 152 valence electrons. The fraction of sp³-hybridized carbons (Fsp3) is 0.227. The molecule has 1 atom stereocenters. The van der Waals surface area contributed by atoms with Gasteiger partial charge in [0.15, 0.2) is 0 Å². The Labute approximate surface area is 171 Å². The summed E-state index contributed by atoms with van der Waals surface area (Å²) < 4.78 is 10.9. The number of aromatic nitrogens is 1. The SMILES string of the molecule is NC(=O)c1ccc2[nH]c3c(c2c1)CC(NCc1ccccc1)CC31OC(=O)C(=O)O1. The maximum atomic E-state index is 11.9. The number of carbonyl (C=O) groups is 3. The minimum Gasteiger partial charge on any atom is -0.408 e. The van der Waals surface area contributed by atoms with Crippen LogP contribution in [0.1, 0.15) is 33.6 Å². The lowest BCUT2D eigenvalue weighted by Gasteiger charge is -2.35. The number of amides is 1. The van der Waals surface area contributed by atoms with Gasteiger partial charge in [0.2, 0.25) is 5.91 Å². The number of ether oxygens (including phenoxy) is 2. The fourth-order valence-corrected chi connectivity index (χ4v) is 4.27. The van der Waals surface area contributed by atoms with E-state index in [-0.39, 0.29) is 12.5 Å². The molecule has 0 bridgehead atoms. The van der Waals surface area contributed by atoms with E-state index in [2.05, 4.69) is 10.3 Å². The highest BCUT2D eigenvalue weighted by Gasteiger charge is 2.55. The van der Waals surface area contributed by atoms with Crippen LogP contribution in [0.5, 0.6) is 0 Å². The normalized spacial score (nSPS) is 19.5. The predicted molar refractivity (Wildman–Crippen MR) is 106 cm³/mol. The third-order valence-corrected chi connectivity index (χ3v) is 5.66. The third kappa shape index (κ3) is 2.93. The molecule has 2 heterocycles. The first-order valence-corrected chi connectivity index (χ1v) is 9.64. The molecule has 2 aromatic carbocycles. The lowest BCUT2D eigenvalue weighted by Crippen LogP contribution is -2.45. The van der Waals surface area contributed by atoms with Crippen LogP contribution in [0.3, 0.4) is 0 Å². The molecule has 1 aliphatic heterocycles. The summed E-state index contributed by atoms with van der Waals surface area (Å²) in [5.74, 6) is -4.07. The Morgan fingerprint density at radius 2 is 1.87 bits per heavy atom. The highest BCUT2D eigenvalue weighted by atomic mass is 16.8. The lowest BCUT2D eigenvalue weighted by atomic mass is 9.86. The second-order valence-corrected chi connectivity index (χ2v) is 7.61. The fourth-order valence-electron chi connectivity index (χ4n) is 4.27. The van der Waals surface area contributed by atoms with Crippen LogP contribution in [0.2, 0.25) is 0 Å². The van der Waals surface area contributed by atoms with Gasteiger partial charge in [0.25, 0.3) is 0 Å². The first-order chi connectivity index (χ1) is 14.4. The van der Waals surface area contributed by atoms with Gasteiger partial charge in [0, 0.05) is 35.5 Å². The van der Waals surface area contributed by atoms with Crippen LogP contribution < -0.4 is 11.1 Å². The number of aromatic amines is 1. The molecule has 2 aliphatic rings. The molecule has 0 radical (unpaired) electrons. The maximum Gasteiger partial charge on any atom is 0.421 e. The zero-order chi connectivity index (χ0) is 20.9. The van der Waals surface area contributed by atoms with Crippen molar-refractivity contribution < 1.29 is 23.9 Å². The quantitative estimate of drug-likeness (QED) is 0.448. The number of nitrogens with two attached hydrogens (primary N) is 1. The van der Waals surface area contributed by atoms with Gasteiger partial charge in [-0.25, -0.2) is 9.59 Å². The smallest absolute Gasteiger partial charge is 0.408 e. The van der Waals surface area contributed by atoms with Crippen molar-refractivity contribution in [2.24, 2.45) is 5.73 Å². The van der Waals surface area contributed by atoms with Crippen molar-refractivity contribution in [2.45, 2.75) is 31.2 Å². The van der Waals surface area contributed by atoms with Crippen LogP contribution in [0.25, 0.3) is 10.9 Å². The first kappa shape index (κ1) is 18.4. The summed E-state index contributed by atoms with van der Waals surface area (Å²) >= 11 is 0. The monoisotopic (exact) mass is 405 g/mol. The number of H-pyrrole nitrogens is 1. The Hall–Kier alpha value is -3.65. The molecule has 1 amide bonds. The molecule has 1 fully saturated rings. The van der Waals surface area contributed by atoms with Crippen LogP contribution in [-0.4, -0.2) is 28.9 Å². The van der Waals surface area contributed by atoms with E-state index in [1.165, 1.54) is 0 Å². The molecule has 8 heteroatoms. The Balaban J connectivity index is 1.56. The van der Waals surface area contributed by atoms with Crippen molar-refractivity contribution >= 4 is 28.7 Å². The topological polar surface area (TPSA) is 124 Å². The summed E-state index contributed by atoms with van der Waals surface area (Å²) in [6.45, 7) is 0.605. The zero-order valence-corrected chi connectivity index (χ0v) is 15.9. The number of esters is 2. The van der Waals surface area contributed by atoms with Gasteiger partial charge < -0.3 is 25.5 Å². The van der Waals surface area contributed by atoms with Crippen LogP contribution in [0.15, 0.2) is 48.5 Å². The molecule has 1 aromatic heterocycles. The van der Waals surface area contributed by atoms with Gasteiger partial charge in [0.1, 0.15) is 5.69 Å². The molecular formula is C22H19N3O5. The number of nitrogens with one attached hydrogen (secondary N) is 2. The number of hydrogen-bond acceptors (Lipinski definition) is 6. The number of benzene rings is 2. The van der Waals surface area contributed by atoms with Crippen LogP contribution in [-0.2, 0) is 37.8 Å². The first-order valence-electron chi connectivity index (χ1n) is 9.64. The van der Waals surface area contributed by atoms with E-state index in [0.29, 0.717) is 24.2 Å². The molecule has 1 aliphatic carbocycles. The summed E-state index contributed by atoms with van der Waals surface area (Å²) in [5.41, 5.74) is 9.01. The molecule has 1 saturated heterocycles. The van der Waals surface area contributed by atoms with Crippen molar-refractivity contribution in [1.29, 1.82) is 0 Å². The van der Waals surface area contributed by atoms with Gasteiger partial charge in [0.05, 0.1) is 0 Å². The number of carbonyl (C=O) groups excluding carboxylic acids is 3. The van der Waals surface area contributed by atoms with Crippen molar-refractivity contribution in [3.05, 3.63) is 70.9 Å². The maximum absolute atomic E-state index is 11.9. The summed E-state index contributed by atoms with van der Waals surface area (Å²) in [4.78, 5) is 38.7. The van der Waals surface area contributed by atoms with Gasteiger partial charge in [-0.3, -0.25) is 4.79 Å². The van der Waals surface area contributed by atoms with Crippen molar-refractivity contribution in [3.63, 3.8) is 0 Å².